The van der Waals surface area contributed by atoms with Crippen molar-refractivity contribution in [3.63, 3.8) is 0 Å². The molecule has 0 aliphatic rings. The summed E-state index contributed by atoms with van der Waals surface area (Å²) in [5, 5.41) is 10.5. The highest BCUT2D eigenvalue weighted by molar-refractivity contribution is 6.31. The van der Waals surface area contributed by atoms with Crippen LogP contribution in [-0.2, 0) is 4.79 Å². The van der Waals surface area contributed by atoms with Crippen molar-refractivity contribution in [1.29, 1.82) is 0 Å². The van der Waals surface area contributed by atoms with Crippen molar-refractivity contribution in [3.8, 4) is 0 Å². The van der Waals surface area contributed by atoms with E-state index in [0.717, 1.165) is 0 Å². The number of hydrogen-bond acceptors (Lipinski definition) is 2. The summed E-state index contributed by atoms with van der Waals surface area (Å²) in [6, 6.07) is 10.4. The summed E-state index contributed by atoms with van der Waals surface area (Å²) in [6.07, 6.45) is 1.30. The summed E-state index contributed by atoms with van der Waals surface area (Å²) < 4.78 is 13.3. The maximum absolute atomic E-state index is 13.3. The normalized spacial score (nSPS) is 12.2. The second kappa shape index (κ2) is 6.45. The third kappa shape index (κ3) is 3.16. The Morgan fingerprint density at radius 2 is 2.00 bits per heavy atom. The van der Waals surface area contributed by atoms with E-state index in [1.54, 1.807) is 18.2 Å². The van der Waals surface area contributed by atoms with Crippen LogP contribution in [-0.4, -0.2) is 21.8 Å². The van der Waals surface area contributed by atoms with E-state index >= 15 is 0 Å². The summed E-state index contributed by atoms with van der Waals surface area (Å²) in [4.78, 5) is 26.9. The van der Waals surface area contributed by atoms with Gasteiger partial charge in [-0.25, -0.2) is 4.39 Å². The number of carboxylic acid groups (broad SMARTS) is 1. The number of aliphatic carboxylic acids is 1. The first kappa shape index (κ1) is 16.2. The molecule has 6 heteroatoms. The average Bonchev–Trinajstić information content (AvgIpc) is 2.94. The van der Waals surface area contributed by atoms with Crippen molar-refractivity contribution in [1.82, 2.24) is 4.98 Å². The van der Waals surface area contributed by atoms with Gasteiger partial charge >= 0.3 is 5.97 Å². The summed E-state index contributed by atoms with van der Waals surface area (Å²) in [7, 11) is 0. The number of carboxylic acids is 1. The van der Waals surface area contributed by atoms with Crippen LogP contribution in [0.15, 0.2) is 48.7 Å². The van der Waals surface area contributed by atoms with E-state index in [1.807, 2.05) is 0 Å². The number of hydrogen-bond donors (Lipinski definition) is 2. The van der Waals surface area contributed by atoms with Gasteiger partial charge in [-0.3, -0.25) is 9.59 Å². The summed E-state index contributed by atoms with van der Waals surface area (Å²) in [5.74, 6) is -2.88. The molecule has 0 saturated carbocycles. The highest BCUT2D eigenvalue weighted by atomic mass is 35.5. The second-order valence-corrected chi connectivity index (χ2v) is 5.90. The van der Waals surface area contributed by atoms with Crippen LogP contribution in [0.4, 0.5) is 4.39 Å². The fourth-order valence-corrected chi connectivity index (χ4v) is 2.89. The first-order chi connectivity index (χ1) is 11.5. The molecule has 1 atom stereocenters. The quantitative estimate of drug-likeness (QED) is 0.673. The molecule has 24 heavy (non-hydrogen) atoms. The topological polar surface area (TPSA) is 70.2 Å². The molecule has 1 aromatic heterocycles. The number of rotatable bonds is 5. The highest BCUT2D eigenvalue weighted by Crippen LogP contribution is 2.30. The van der Waals surface area contributed by atoms with Crippen LogP contribution in [0.2, 0.25) is 5.02 Å². The summed E-state index contributed by atoms with van der Waals surface area (Å²) in [5.41, 5.74) is 1.30. The molecule has 0 bridgehead atoms. The number of aromatic nitrogens is 1. The lowest BCUT2D eigenvalue weighted by Crippen LogP contribution is -2.16. The first-order valence-electron chi connectivity index (χ1n) is 7.24. The molecule has 122 valence electrons. The van der Waals surface area contributed by atoms with Crippen LogP contribution in [0.25, 0.3) is 10.9 Å². The number of fused-ring (bicyclic) bond motifs is 1. The van der Waals surface area contributed by atoms with Gasteiger partial charge in [0.05, 0.1) is 5.92 Å². The molecular weight excluding hydrogens is 333 g/mol. The molecule has 3 aromatic rings. The predicted molar refractivity (Wildman–Crippen MR) is 89.0 cm³/mol. The van der Waals surface area contributed by atoms with Gasteiger partial charge in [-0.15, -0.1) is 0 Å². The van der Waals surface area contributed by atoms with Crippen LogP contribution in [0, 0.1) is 5.82 Å². The lowest BCUT2D eigenvalue weighted by molar-refractivity contribution is -0.138. The predicted octanol–water partition coefficient (Wildman–Crippen LogP) is 4.40. The van der Waals surface area contributed by atoms with Gasteiger partial charge in [-0.2, -0.15) is 0 Å². The lowest BCUT2D eigenvalue weighted by Gasteiger charge is -2.11. The molecule has 2 N–H and O–H groups in total. The van der Waals surface area contributed by atoms with Gasteiger partial charge in [0.2, 0.25) is 0 Å². The number of ketones is 1. The number of benzene rings is 2. The Bertz CT molecular complexity index is 935. The molecule has 1 heterocycles. The summed E-state index contributed by atoms with van der Waals surface area (Å²) >= 11 is 5.87. The Labute approximate surface area is 141 Å². The Morgan fingerprint density at radius 1 is 1.21 bits per heavy atom. The SMILES string of the molecule is O=C(CC(C(=O)O)c1c[nH]c2cc(F)ccc12)c1cccc(Cl)c1. The number of carbonyl (C=O) groups is 2. The standard InChI is InChI=1S/C18H13ClFNO3/c19-11-3-1-2-10(6-11)17(22)8-14(18(23)24)15-9-21-16-7-12(20)4-5-13(15)16/h1-7,9,14,21H,8H2,(H,23,24). The largest absolute Gasteiger partial charge is 0.481 e. The van der Waals surface area contributed by atoms with Crippen molar-refractivity contribution in [2.75, 3.05) is 0 Å². The lowest BCUT2D eigenvalue weighted by atomic mass is 9.91. The molecule has 0 fully saturated rings. The van der Waals surface area contributed by atoms with E-state index in [-0.39, 0.29) is 12.2 Å². The Balaban J connectivity index is 1.95. The second-order valence-electron chi connectivity index (χ2n) is 5.46. The highest BCUT2D eigenvalue weighted by Gasteiger charge is 2.26. The van der Waals surface area contributed by atoms with Crippen LogP contribution >= 0.6 is 11.6 Å². The minimum atomic E-state index is -1.12. The molecular formula is C18H13ClFNO3. The van der Waals surface area contributed by atoms with E-state index in [9.17, 15) is 19.1 Å². The van der Waals surface area contributed by atoms with Gasteiger partial charge in [-0.05, 0) is 35.9 Å². The molecule has 0 amide bonds. The zero-order chi connectivity index (χ0) is 17.3. The Hall–Kier alpha value is -2.66. The number of Topliss-reactive ketones (excluding diaryl/α,β-unsaturated/α-hetero) is 1. The smallest absolute Gasteiger partial charge is 0.311 e. The molecule has 0 aliphatic carbocycles. The number of aromatic amines is 1. The van der Waals surface area contributed by atoms with E-state index in [2.05, 4.69) is 4.98 Å². The molecule has 3 rings (SSSR count). The van der Waals surface area contributed by atoms with Gasteiger partial charge in [0.1, 0.15) is 5.82 Å². The van der Waals surface area contributed by atoms with Crippen molar-refractivity contribution >= 4 is 34.3 Å². The summed E-state index contributed by atoms with van der Waals surface area (Å²) in [6.45, 7) is 0. The molecule has 0 spiro atoms. The molecule has 0 saturated heterocycles. The molecule has 4 nitrogen and oxygen atoms in total. The fourth-order valence-electron chi connectivity index (χ4n) is 2.70. The third-order valence-corrected chi connectivity index (χ3v) is 4.12. The van der Waals surface area contributed by atoms with Gasteiger partial charge in [0, 0.05) is 34.1 Å². The van der Waals surface area contributed by atoms with Gasteiger partial charge in [0.15, 0.2) is 5.78 Å². The molecule has 0 radical (unpaired) electrons. The number of H-pyrrole nitrogens is 1. The Morgan fingerprint density at radius 3 is 2.71 bits per heavy atom. The van der Waals surface area contributed by atoms with E-state index < -0.39 is 17.7 Å². The van der Waals surface area contributed by atoms with E-state index in [0.29, 0.717) is 27.1 Å². The molecule has 1 unspecified atom stereocenters. The third-order valence-electron chi connectivity index (χ3n) is 3.89. The van der Waals surface area contributed by atoms with Crippen molar-refractivity contribution < 1.29 is 19.1 Å². The van der Waals surface area contributed by atoms with Gasteiger partial charge in [-0.1, -0.05) is 23.7 Å². The number of nitrogens with one attached hydrogen (secondary N) is 1. The van der Waals surface area contributed by atoms with E-state index in [4.69, 9.17) is 11.6 Å². The molecule has 0 aliphatic heterocycles. The number of carbonyl (C=O) groups excluding carboxylic acids is 1. The zero-order valence-electron chi connectivity index (χ0n) is 12.4. The van der Waals surface area contributed by atoms with Crippen molar-refractivity contribution in [2.45, 2.75) is 12.3 Å². The van der Waals surface area contributed by atoms with Crippen LogP contribution in [0.3, 0.4) is 0 Å². The maximum atomic E-state index is 13.3. The van der Waals surface area contributed by atoms with Crippen molar-refractivity contribution in [3.05, 3.63) is 70.6 Å². The van der Waals surface area contributed by atoms with Crippen LogP contribution < -0.4 is 0 Å². The van der Waals surface area contributed by atoms with Crippen LogP contribution in [0.5, 0.6) is 0 Å². The number of halogens is 2. The van der Waals surface area contributed by atoms with Gasteiger partial charge < -0.3 is 10.1 Å². The van der Waals surface area contributed by atoms with E-state index in [1.165, 1.54) is 30.5 Å². The first-order valence-corrected chi connectivity index (χ1v) is 7.61. The van der Waals surface area contributed by atoms with Crippen molar-refractivity contribution in [2.24, 2.45) is 0 Å². The zero-order valence-corrected chi connectivity index (χ0v) is 13.2. The fraction of sp³-hybridized carbons (Fsp3) is 0.111. The van der Waals surface area contributed by atoms with Crippen LogP contribution in [0.1, 0.15) is 28.3 Å². The molecule has 2 aromatic carbocycles. The maximum Gasteiger partial charge on any atom is 0.311 e. The monoisotopic (exact) mass is 345 g/mol. The average molecular weight is 346 g/mol. The minimum absolute atomic E-state index is 0.208. The minimum Gasteiger partial charge on any atom is -0.481 e. The Kier molecular flexibility index (Phi) is 4.36. The van der Waals surface area contributed by atoms with Gasteiger partial charge in [0.25, 0.3) is 0 Å².